The number of piperazine rings is 1. The van der Waals surface area contributed by atoms with E-state index in [-0.39, 0.29) is 0 Å². The van der Waals surface area contributed by atoms with E-state index >= 15 is 0 Å². The summed E-state index contributed by atoms with van der Waals surface area (Å²) in [5.41, 5.74) is 3.71. The molecule has 0 aromatic heterocycles. The van der Waals surface area contributed by atoms with E-state index in [0.717, 1.165) is 38.2 Å². The molecular formula is C19H23N3O2S. The molecule has 2 heterocycles. The smallest absolute Gasteiger partial charge is 0.243 e. The van der Waals surface area contributed by atoms with Crippen LogP contribution in [0.1, 0.15) is 11.1 Å². The quantitative estimate of drug-likeness (QED) is 0.911. The van der Waals surface area contributed by atoms with Crippen molar-refractivity contribution in [1.82, 2.24) is 9.62 Å². The molecule has 0 radical (unpaired) electrons. The normalized spacial score (nSPS) is 18.8. The lowest BCUT2D eigenvalue weighted by atomic mass is 9.98. The van der Waals surface area contributed by atoms with Gasteiger partial charge in [0, 0.05) is 45.0 Å². The molecule has 0 unspecified atom stereocenters. The van der Waals surface area contributed by atoms with Crippen LogP contribution in [0.4, 0.5) is 5.69 Å². The van der Waals surface area contributed by atoms with Gasteiger partial charge in [-0.3, -0.25) is 0 Å². The van der Waals surface area contributed by atoms with Gasteiger partial charge in [-0.1, -0.05) is 30.3 Å². The van der Waals surface area contributed by atoms with Crippen molar-refractivity contribution in [2.75, 3.05) is 37.6 Å². The van der Waals surface area contributed by atoms with E-state index in [1.807, 2.05) is 6.07 Å². The fourth-order valence-electron chi connectivity index (χ4n) is 3.71. The van der Waals surface area contributed by atoms with Gasteiger partial charge < -0.3 is 10.2 Å². The summed E-state index contributed by atoms with van der Waals surface area (Å²) in [4.78, 5) is 2.79. The molecule has 2 aromatic rings. The zero-order chi connectivity index (χ0) is 17.3. The zero-order valence-electron chi connectivity index (χ0n) is 14.2. The predicted molar refractivity (Wildman–Crippen MR) is 99.3 cm³/mol. The van der Waals surface area contributed by atoms with Crippen LogP contribution in [0.3, 0.4) is 0 Å². The summed E-state index contributed by atoms with van der Waals surface area (Å²) in [6, 6.07) is 15.0. The molecule has 1 saturated heterocycles. The highest BCUT2D eigenvalue weighted by Crippen LogP contribution is 2.31. The van der Waals surface area contributed by atoms with Crippen molar-refractivity contribution < 1.29 is 8.42 Å². The van der Waals surface area contributed by atoms with Crippen LogP contribution in [-0.2, 0) is 23.0 Å². The SMILES string of the molecule is O=S(=O)(c1ccccc1)N1CCc2c(cccc2N2CCNCC2)C1. The van der Waals surface area contributed by atoms with Crippen LogP contribution in [0.15, 0.2) is 53.4 Å². The van der Waals surface area contributed by atoms with Crippen molar-refractivity contribution in [3.05, 3.63) is 59.7 Å². The average molecular weight is 357 g/mol. The third-order valence-electron chi connectivity index (χ3n) is 5.04. The Morgan fingerprint density at radius 1 is 0.880 bits per heavy atom. The first-order chi connectivity index (χ1) is 12.2. The van der Waals surface area contributed by atoms with E-state index in [0.29, 0.717) is 18.0 Å². The molecule has 2 aromatic carbocycles. The first-order valence-electron chi connectivity index (χ1n) is 8.78. The van der Waals surface area contributed by atoms with Gasteiger partial charge in [0.1, 0.15) is 0 Å². The monoisotopic (exact) mass is 357 g/mol. The van der Waals surface area contributed by atoms with E-state index in [2.05, 4.69) is 28.4 Å². The van der Waals surface area contributed by atoms with Gasteiger partial charge in [0.05, 0.1) is 4.90 Å². The Morgan fingerprint density at radius 2 is 1.64 bits per heavy atom. The molecule has 0 bridgehead atoms. The van der Waals surface area contributed by atoms with Crippen LogP contribution < -0.4 is 10.2 Å². The first-order valence-corrected chi connectivity index (χ1v) is 10.2. The molecule has 0 saturated carbocycles. The third-order valence-corrected chi connectivity index (χ3v) is 6.90. The highest BCUT2D eigenvalue weighted by atomic mass is 32.2. The molecule has 5 nitrogen and oxygen atoms in total. The second-order valence-electron chi connectivity index (χ2n) is 6.55. The largest absolute Gasteiger partial charge is 0.369 e. The minimum Gasteiger partial charge on any atom is -0.369 e. The number of benzene rings is 2. The van der Waals surface area contributed by atoms with Crippen molar-refractivity contribution in [1.29, 1.82) is 0 Å². The number of rotatable bonds is 3. The van der Waals surface area contributed by atoms with Gasteiger partial charge in [0.15, 0.2) is 0 Å². The first kappa shape index (κ1) is 16.6. The van der Waals surface area contributed by atoms with Crippen LogP contribution in [-0.4, -0.2) is 45.4 Å². The number of fused-ring (bicyclic) bond motifs is 1. The molecule has 2 aliphatic rings. The number of hydrogen-bond donors (Lipinski definition) is 1. The zero-order valence-corrected chi connectivity index (χ0v) is 15.0. The van der Waals surface area contributed by atoms with Crippen molar-refractivity contribution in [2.45, 2.75) is 17.9 Å². The molecular weight excluding hydrogens is 334 g/mol. The van der Waals surface area contributed by atoms with Gasteiger partial charge in [-0.25, -0.2) is 8.42 Å². The summed E-state index contributed by atoms with van der Waals surface area (Å²) < 4.78 is 27.4. The molecule has 0 amide bonds. The Morgan fingerprint density at radius 3 is 2.40 bits per heavy atom. The summed E-state index contributed by atoms with van der Waals surface area (Å²) in [6.07, 6.45) is 0.765. The summed E-state index contributed by atoms with van der Waals surface area (Å²) in [5.74, 6) is 0. The van der Waals surface area contributed by atoms with Crippen molar-refractivity contribution in [3.63, 3.8) is 0 Å². The lowest BCUT2D eigenvalue weighted by Gasteiger charge is -2.35. The fraction of sp³-hybridized carbons (Fsp3) is 0.368. The predicted octanol–water partition coefficient (Wildman–Crippen LogP) is 1.84. The summed E-state index contributed by atoms with van der Waals surface area (Å²) in [6.45, 7) is 4.99. The maximum absolute atomic E-state index is 12.9. The van der Waals surface area contributed by atoms with Crippen LogP contribution in [0.25, 0.3) is 0 Å². The van der Waals surface area contributed by atoms with Gasteiger partial charge in [0.2, 0.25) is 10.0 Å². The van der Waals surface area contributed by atoms with Gasteiger partial charge in [-0.05, 0) is 35.7 Å². The van der Waals surface area contributed by atoms with E-state index in [1.54, 1.807) is 28.6 Å². The maximum Gasteiger partial charge on any atom is 0.243 e. The van der Waals surface area contributed by atoms with Crippen LogP contribution in [0.5, 0.6) is 0 Å². The Balaban J connectivity index is 1.62. The minimum absolute atomic E-state index is 0.372. The standard InChI is InChI=1S/C19H23N3O2S/c23-25(24,17-6-2-1-3-7-17)22-12-9-18-16(15-22)5-4-8-19(18)21-13-10-20-11-14-21/h1-8,20H,9-15H2. The maximum atomic E-state index is 12.9. The van der Waals surface area contributed by atoms with Crippen molar-refractivity contribution in [3.8, 4) is 0 Å². The van der Waals surface area contributed by atoms with E-state index in [4.69, 9.17) is 0 Å². The van der Waals surface area contributed by atoms with Crippen LogP contribution in [0, 0.1) is 0 Å². The average Bonchev–Trinajstić information content (AvgIpc) is 2.68. The Kier molecular flexibility index (Phi) is 4.50. The molecule has 25 heavy (non-hydrogen) atoms. The highest BCUT2D eigenvalue weighted by Gasteiger charge is 2.29. The van der Waals surface area contributed by atoms with Gasteiger partial charge in [0.25, 0.3) is 0 Å². The van der Waals surface area contributed by atoms with Crippen molar-refractivity contribution in [2.24, 2.45) is 0 Å². The third kappa shape index (κ3) is 3.17. The number of sulfonamides is 1. The molecule has 6 heteroatoms. The Hall–Kier alpha value is -1.89. The second-order valence-corrected chi connectivity index (χ2v) is 8.49. The number of nitrogens with zero attached hydrogens (tertiary/aromatic N) is 2. The lowest BCUT2D eigenvalue weighted by Crippen LogP contribution is -2.44. The van der Waals surface area contributed by atoms with Gasteiger partial charge >= 0.3 is 0 Å². The molecule has 4 rings (SSSR count). The van der Waals surface area contributed by atoms with E-state index in [1.165, 1.54) is 11.3 Å². The fourth-order valence-corrected chi connectivity index (χ4v) is 5.15. The highest BCUT2D eigenvalue weighted by molar-refractivity contribution is 7.89. The lowest BCUT2D eigenvalue weighted by molar-refractivity contribution is 0.391. The topological polar surface area (TPSA) is 52.7 Å². The summed E-state index contributed by atoms with van der Waals surface area (Å²) in [5, 5.41) is 3.38. The number of hydrogen-bond acceptors (Lipinski definition) is 4. The van der Waals surface area contributed by atoms with Gasteiger partial charge in [-0.15, -0.1) is 0 Å². The van der Waals surface area contributed by atoms with Crippen LogP contribution >= 0.6 is 0 Å². The Labute approximate surface area is 149 Å². The van der Waals surface area contributed by atoms with Gasteiger partial charge in [-0.2, -0.15) is 4.31 Å². The molecule has 0 spiro atoms. The van der Waals surface area contributed by atoms with E-state index in [9.17, 15) is 8.42 Å². The summed E-state index contributed by atoms with van der Waals surface area (Å²) in [7, 11) is -3.43. The van der Waals surface area contributed by atoms with Crippen LogP contribution in [0.2, 0.25) is 0 Å². The summed E-state index contributed by atoms with van der Waals surface area (Å²) >= 11 is 0. The van der Waals surface area contributed by atoms with Crippen molar-refractivity contribution >= 4 is 15.7 Å². The number of nitrogens with one attached hydrogen (secondary N) is 1. The van der Waals surface area contributed by atoms with E-state index < -0.39 is 10.0 Å². The molecule has 2 aliphatic heterocycles. The Bertz CT molecular complexity index is 846. The number of anilines is 1. The molecule has 0 aliphatic carbocycles. The minimum atomic E-state index is -3.43. The molecule has 1 N–H and O–H groups in total. The molecule has 132 valence electrons. The second kappa shape index (κ2) is 6.78. The molecule has 0 atom stereocenters. The molecule has 1 fully saturated rings.